The molecular formula is C16H29NO4. The molecule has 0 fully saturated rings. The smallest absolute Gasteiger partial charge is 0.410 e. The van der Waals surface area contributed by atoms with Crippen molar-refractivity contribution in [1.82, 2.24) is 4.90 Å². The Labute approximate surface area is 128 Å². The van der Waals surface area contributed by atoms with Crippen molar-refractivity contribution in [3.05, 3.63) is 12.7 Å². The van der Waals surface area contributed by atoms with Crippen LogP contribution >= 0.6 is 0 Å². The van der Waals surface area contributed by atoms with Crippen molar-refractivity contribution < 1.29 is 19.1 Å². The standard InChI is InChI=1S/C16H29NO4/c1-7-9-10-11-12-13(14(18)20-8-2)17(6)15(19)21-16(3,4)5/h7,13H,1,8-12H2,2-6H3. The zero-order chi connectivity index (χ0) is 16.5. The number of rotatable bonds is 8. The van der Waals surface area contributed by atoms with Gasteiger partial charge in [0, 0.05) is 7.05 Å². The highest BCUT2D eigenvalue weighted by Crippen LogP contribution is 2.15. The quantitative estimate of drug-likeness (QED) is 0.391. The van der Waals surface area contributed by atoms with Crippen molar-refractivity contribution in [2.75, 3.05) is 13.7 Å². The molecule has 0 N–H and O–H groups in total. The van der Waals surface area contributed by atoms with Crippen molar-refractivity contribution >= 4 is 12.1 Å². The van der Waals surface area contributed by atoms with Crippen molar-refractivity contribution in [3.63, 3.8) is 0 Å². The van der Waals surface area contributed by atoms with Crippen LogP contribution in [0.15, 0.2) is 12.7 Å². The minimum atomic E-state index is -0.607. The van der Waals surface area contributed by atoms with E-state index in [0.717, 1.165) is 19.3 Å². The van der Waals surface area contributed by atoms with Gasteiger partial charge in [-0.05, 0) is 47.0 Å². The number of allylic oxidation sites excluding steroid dienone is 1. The topological polar surface area (TPSA) is 55.8 Å². The average Bonchev–Trinajstić information content (AvgIpc) is 2.36. The molecular weight excluding hydrogens is 270 g/mol. The van der Waals surface area contributed by atoms with Crippen LogP contribution in [-0.2, 0) is 14.3 Å². The lowest BCUT2D eigenvalue weighted by Crippen LogP contribution is -2.45. The SMILES string of the molecule is C=CCCCCC(C(=O)OCC)N(C)C(=O)OC(C)(C)C. The summed E-state index contributed by atoms with van der Waals surface area (Å²) < 4.78 is 10.4. The van der Waals surface area contributed by atoms with Crippen LogP contribution < -0.4 is 0 Å². The monoisotopic (exact) mass is 299 g/mol. The minimum absolute atomic E-state index is 0.296. The average molecular weight is 299 g/mol. The molecule has 0 aliphatic heterocycles. The normalized spacial score (nSPS) is 12.4. The van der Waals surface area contributed by atoms with E-state index < -0.39 is 17.7 Å². The van der Waals surface area contributed by atoms with Gasteiger partial charge in [-0.25, -0.2) is 9.59 Å². The van der Waals surface area contributed by atoms with Gasteiger partial charge in [-0.15, -0.1) is 6.58 Å². The molecule has 122 valence electrons. The van der Waals surface area contributed by atoms with Gasteiger partial charge in [-0.1, -0.05) is 12.5 Å². The molecule has 0 saturated heterocycles. The summed E-state index contributed by atoms with van der Waals surface area (Å²) in [6, 6.07) is -0.607. The van der Waals surface area contributed by atoms with Gasteiger partial charge in [0.1, 0.15) is 11.6 Å². The number of hydrogen-bond donors (Lipinski definition) is 0. The minimum Gasteiger partial charge on any atom is -0.464 e. The largest absolute Gasteiger partial charge is 0.464 e. The molecule has 21 heavy (non-hydrogen) atoms. The van der Waals surface area contributed by atoms with Crippen LogP contribution in [0.25, 0.3) is 0 Å². The molecule has 0 aromatic rings. The number of hydrogen-bond acceptors (Lipinski definition) is 4. The van der Waals surface area contributed by atoms with Crippen LogP contribution in [0.1, 0.15) is 53.4 Å². The Bertz CT molecular complexity index is 347. The van der Waals surface area contributed by atoms with E-state index in [1.165, 1.54) is 4.90 Å². The van der Waals surface area contributed by atoms with Crippen molar-refractivity contribution in [2.45, 2.75) is 65.0 Å². The second kappa shape index (κ2) is 9.42. The summed E-state index contributed by atoms with van der Waals surface area (Å²) in [5.74, 6) is -0.385. The third-order valence-electron chi connectivity index (χ3n) is 2.84. The highest BCUT2D eigenvalue weighted by atomic mass is 16.6. The Hall–Kier alpha value is -1.52. The predicted octanol–water partition coefficient (Wildman–Crippen LogP) is 3.53. The third-order valence-corrected chi connectivity index (χ3v) is 2.84. The molecule has 5 nitrogen and oxygen atoms in total. The highest BCUT2D eigenvalue weighted by molar-refractivity contribution is 5.81. The fourth-order valence-electron chi connectivity index (χ4n) is 1.80. The van der Waals surface area contributed by atoms with Crippen molar-refractivity contribution in [2.24, 2.45) is 0 Å². The number of carbonyl (C=O) groups is 2. The first-order valence-corrected chi connectivity index (χ1v) is 7.46. The summed E-state index contributed by atoms with van der Waals surface area (Å²) in [6.07, 6.45) is 4.54. The van der Waals surface area contributed by atoms with E-state index >= 15 is 0 Å². The molecule has 0 heterocycles. The Morgan fingerprint density at radius 2 is 1.90 bits per heavy atom. The third kappa shape index (κ3) is 8.38. The van der Waals surface area contributed by atoms with Crippen molar-refractivity contribution in [3.8, 4) is 0 Å². The lowest BCUT2D eigenvalue weighted by molar-refractivity contribution is -0.149. The summed E-state index contributed by atoms with van der Waals surface area (Å²) >= 11 is 0. The van der Waals surface area contributed by atoms with Gasteiger partial charge in [0.25, 0.3) is 0 Å². The lowest BCUT2D eigenvalue weighted by atomic mass is 10.1. The fraction of sp³-hybridized carbons (Fsp3) is 0.750. The molecule has 0 aromatic heterocycles. The zero-order valence-corrected chi connectivity index (χ0v) is 14.0. The lowest BCUT2D eigenvalue weighted by Gasteiger charge is -2.29. The maximum absolute atomic E-state index is 12.1. The van der Waals surface area contributed by atoms with E-state index in [-0.39, 0.29) is 5.97 Å². The van der Waals surface area contributed by atoms with Gasteiger partial charge >= 0.3 is 12.1 Å². The van der Waals surface area contributed by atoms with Crippen LogP contribution in [0.5, 0.6) is 0 Å². The number of amides is 1. The molecule has 1 unspecified atom stereocenters. The highest BCUT2D eigenvalue weighted by Gasteiger charge is 2.30. The van der Waals surface area contributed by atoms with Gasteiger partial charge in [0.05, 0.1) is 6.61 Å². The summed E-state index contributed by atoms with van der Waals surface area (Å²) in [5, 5.41) is 0. The molecule has 0 aromatic carbocycles. The van der Waals surface area contributed by atoms with Crippen LogP contribution in [-0.4, -0.2) is 42.3 Å². The van der Waals surface area contributed by atoms with Crippen LogP contribution in [0, 0.1) is 0 Å². The van der Waals surface area contributed by atoms with Crippen LogP contribution in [0.3, 0.4) is 0 Å². The number of carbonyl (C=O) groups excluding carboxylic acids is 2. The number of nitrogens with zero attached hydrogens (tertiary/aromatic N) is 1. The Morgan fingerprint density at radius 3 is 2.38 bits per heavy atom. The van der Waals surface area contributed by atoms with Crippen LogP contribution in [0.2, 0.25) is 0 Å². The molecule has 1 atom stereocenters. The van der Waals surface area contributed by atoms with E-state index in [0.29, 0.717) is 13.0 Å². The van der Waals surface area contributed by atoms with Crippen molar-refractivity contribution in [1.29, 1.82) is 0 Å². The predicted molar refractivity (Wildman–Crippen MR) is 83.1 cm³/mol. The maximum atomic E-state index is 12.1. The van der Waals surface area contributed by atoms with Gasteiger partial charge in [0.15, 0.2) is 0 Å². The zero-order valence-electron chi connectivity index (χ0n) is 14.0. The molecule has 0 aliphatic rings. The van der Waals surface area contributed by atoms with Gasteiger partial charge in [0.2, 0.25) is 0 Å². The summed E-state index contributed by atoms with van der Waals surface area (Å²) in [5.41, 5.74) is -0.590. The number of unbranched alkanes of at least 4 members (excludes halogenated alkanes) is 2. The number of esters is 1. The number of ether oxygens (including phenoxy) is 2. The summed E-state index contributed by atoms with van der Waals surface area (Å²) in [4.78, 5) is 25.4. The molecule has 5 heteroatoms. The Kier molecular flexibility index (Phi) is 8.74. The second-order valence-electron chi connectivity index (χ2n) is 5.93. The molecule has 0 spiro atoms. The fourth-order valence-corrected chi connectivity index (χ4v) is 1.80. The van der Waals surface area contributed by atoms with E-state index in [2.05, 4.69) is 6.58 Å². The Morgan fingerprint density at radius 1 is 1.29 bits per heavy atom. The molecule has 1 amide bonds. The first kappa shape index (κ1) is 19.5. The van der Waals surface area contributed by atoms with E-state index in [1.807, 2.05) is 6.08 Å². The van der Waals surface area contributed by atoms with E-state index in [1.54, 1.807) is 34.7 Å². The summed E-state index contributed by atoms with van der Waals surface area (Å²) in [7, 11) is 1.57. The van der Waals surface area contributed by atoms with Crippen LogP contribution in [0.4, 0.5) is 4.79 Å². The Balaban J connectivity index is 4.72. The molecule has 0 radical (unpaired) electrons. The molecule has 0 rings (SSSR count). The number of likely N-dealkylation sites (N-methyl/N-ethyl adjacent to an activating group) is 1. The molecule has 0 saturated carbocycles. The summed E-state index contributed by atoms with van der Waals surface area (Å²) in [6.45, 7) is 11.1. The van der Waals surface area contributed by atoms with Gasteiger partial charge < -0.3 is 9.47 Å². The maximum Gasteiger partial charge on any atom is 0.410 e. The molecule has 0 bridgehead atoms. The van der Waals surface area contributed by atoms with Gasteiger partial charge in [-0.3, -0.25) is 4.90 Å². The first-order chi connectivity index (χ1) is 9.72. The van der Waals surface area contributed by atoms with Gasteiger partial charge in [-0.2, -0.15) is 0 Å². The first-order valence-electron chi connectivity index (χ1n) is 7.46. The van der Waals surface area contributed by atoms with E-state index in [9.17, 15) is 9.59 Å². The van der Waals surface area contributed by atoms with E-state index in [4.69, 9.17) is 9.47 Å². The molecule has 0 aliphatic carbocycles. The second-order valence-corrected chi connectivity index (χ2v) is 5.93.